The zero-order valence-electron chi connectivity index (χ0n) is 17.8. The zero-order valence-corrected chi connectivity index (χ0v) is 17.8. The van der Waals surface area contributed by atoms with Crippen LogP contribution in [0.5, 0.6) is 5.75 Å². The summed E-state index contributed by atoms with van der Waals surface area (Å²) in [5, 5.41) is 9.25. The number of likely N-dealkylation sites (tertiary alicyclic amines) is 1. The maximum atomic E-state index is 13.4. The van der Waals surface area contributed by atoms with E-state index in [1.165, 1.54) is 6.42 Å². The normalized spacial score (nSPS) is 19.6. The predicted molar refractivity (Wildman–Crippen MR) is 118 cm³/mol. The first-order valence-electron chi connectivity index (χ1n) is 11.1. The minimum atomic E-state index is 0.0702. The summed E-state index contributed by atoms with van der Waals surface area (Å²) in [6, 6.07) is 17.2. The van der Waals surface area contributed by atoms with Gasteiger partial charge >= 0.3 is 0 Å². The minimum Gasteiger partial charge on any atom is -0.489 e. The molecule has 0 unspecified atom stereocenters. The van der Waals surface area contributed by atoms with E-state index in [1.54, 1.807) is 6.07 Å². The van der Waals surface area contributed by atoms with Crippen molar-refractivity contribution in [2.45, 2.75) is 31.9 Å². The standard InChI is InChI=1S/C25H29N3O3/c26-17-21-6-1-2-7-22(21)19-31-24-10-5-8-20(16-24)25(29)28-11-4-3-9-23(28)18-27-12-14-30-15-13-27/h1-2,5-8,10,16,23H,3-4,9,11-15,18-19H2/t23-/m1/s1. The average Bonchev–Trinajstić information content (AvgIpc) is 2.83. The van der Waals surface area contributed by atoms with E-state index in [1.807, 2.05) is 47.4 Å². The van der Waals surface area contributed by atoms with Crippen molar-refractivity contribution in [3.8, 4) is 11.8 Å². The Bertz CT molecular complexity index is 934. The van der Waals surface area contributed by atoms with E-state index in [0.717, 1.165) is 57.8 Å². The van der Waals surface area contributed by atoms with Gasteiger partial charge in [0.25, 0.3) is 5.91 Å². The van der Waals surface area contributed by atoms with Crippen LogP contribution in [0.1, 0.15) is 40.7 Å². The molecule has 1 atom stereocenters. The number of nitrogens with zero attached hydrogens (tertiary/aromatic N) is 3. The van der Waals surface area contributed by atoms with Crippen molar-refractivity contribution in [1.82, 2.24) is 9.80 Å². The Balaban J connectivity index is 1.43. The Hall–Kier alpha value is -2.88. The third-order valence-electron chi connectivity index (χ3n) is 6.07. The molecule has 2 fully saturated rings. The van der Waals surface area contributed by atoms with Crippen molar-refractivity contribution in [1.29, 1.82) is 5.26 Å². The van der Waals surface area contributed by atoms with Crippen molar-refractivity contribution in [2.75, 3.05) is 39.4 Å². The van der Waals surface area contributed by atoms with Crippen LogP contribution in [0.3, 0.4) is 0 Å². The summed E-state index contributed by atoms with van der Waals surface area (Å²) in [4.78, 5) is 17.8. The minimum absolute atomic E-state index is 0.0702. The molecule has 0 aliphatic carbocycles. The van der Waals surface area contributed by atoms with Gasteiger partial charge in [-0.2, -0.15) is 5.26 Å². The summed E-state index contributed by atoms with van der Waals surface area (Å²) < 4.78 is 11.4. The van der Waals surface area contributed by atoms with Crippen molar-refractivity contribution in [2.24, 2.45) is 0 Å². The molecular weight excluding hydrogens is 390 g/mol. The van der Waals surface area contributed by atoms with Crippen LogP contribution in [-0.4, -0.2) is 61.1 Å². The van der Waals surface area contributed by atoms with Gasteiger partial charge in [0.15, 0.2) is 0 Å². The molecule has 2 aliphatic rings. The summed E-state index contributed by atoms with van der Waals surface area (Å²) in [5.41, 5.74) is 2.09. The summed E-state index contributed by atoms with van der Waals surface area (Å²) >= 11 is 0. The Kier molecular flexibility index (Phi) is 7.18. The van der Waals surface area contributed by atoms with Gasteiger partial charge in [-0.05, 0) is 43.5 Å². The molecule has 2 aliphatic heterocycles. The molecule has 1 amide bonds. The largest absolute Gasteiger partial charge is 0.489 e. The van der Waals surface area contributed by atoms with Crippen LogP contribution in [0.2, 0.25) is 0 Å². The number of hydrogen-bond donors (Lipinski definition) is 0. The maximum absolute atomic E-state index is 13.4. The number of hydrogen-bond acceptors (Lipinski definition) is 5. The van der Waals surface area contributed by atoms with Gasteiger partial charge in [-0.25, -0.2) is 0 Å². The predicted octanol–water partition coefficient (Wildman–Crippen LogP) is 3.46. The Morgan fingerprint density at radius 1 is 1.10 bits per heavy atom. The Morgan fingerprint density at radius 3 is 2.77 bits per heavy atom. The second-order valence-corrected chi connectivity index (χ2v) is 8.15. The van der Waals surface area contributed by atoms with E-state index < -0.39 is 0 Å². The van der Waals surface area contributed by atoms with Gasteiger partial charge in [0.2, 0.25) is 0 Å². The number of ether oxygens (including phenoxy) is 2. The Labute approximate surface area is 184 Å². The third-order valence-corrected chi connectivity index (χ3v) is 6.07. The highest BCUT2D eigenvalue weighted by molar-refractivity contribution is 5.95. The zero-order chi connectivity index (χ0) is 21.5. The second-order valence-electron chi connectivity index (χ2n) is 8.15. The number of piperidine rings is 1. The number of carbonyl (C=O) groups excluding carboxylic acids is 1. The number of rotatable bonds is 6. The third kappa shape index (κ3) is 5.43. The lowest BCUT2D eigenvalue weighted by Crippen LogP contribution is -2.51. The molecule has 0 bridgehead atoms. The molecule has 31 heavy (non-hydrogen) atoms. The van der Waals surface area contributed by atoms with Gasteiger partial charge in [0, 0.05) is 43.3 Å². The van der Waals surface area contributed by atoms with Crippen LogP contribution in [0.15, 0.2) is 48.5 Å². The van der Waals surface area contributed by atoms with Gasteiger partial charge in [0.1, 0.15) is 12.4 Å². The first kappa shape index (κ1) is 21.4. The summed E-state index contributed by atoms with van der Waals surface area (Å²) in [7, 11) is 0. The average molecular weight is 420 g/mol. The van der Waals surface area contributed by atoms with Crippen LogP contribution in [0.4, 0.5) is 0 Å². The first-order chi connectivity index (χ1) is 15.2. The molecule has 0 radical (unpaired) electrons. The van der Waals surface area contributed by atoms with E-state index >= 15 is 0 Å². The topological polar surface area (TPSA) is 65.8 Å². The highest BCUT2D eigenvalue weighted by Gasteiger charge is 2.29. The van der Waals surface area contributed by atoms with Gasteiger partial charge in [-0.15, -0.1) is 0 Å². The molecule has 6 heteroatoms. The molecule has 162 valence electrons. The number of benzene rings is 2. The lowest BCUT2D eigenvalue weighted by Gasteiger charge is -2.39. The monoisotopic (exact) mass is 419 g/mol. The molecule has 2 aromatic carbocycles. The SMILES string of the molecule is N#Cc1ccccc1COc1cccc(C(=O)N2CCCC[C@@H]2CN2CCOCC2)c1. The highest BCUT2D eigenvalue weighted by Crippen LogP contribution is 2.23. The molecule has 0 aromatic heterocycles. The Morgan fingerprint density at radius 2 is 1.94 bits per heavy atom. The molecule has 2 saturated heterocycles. The van der Waals surface area contributed by atoms with Crippen LogP contribution in [0.25, 0.3) is 0 Å². The number of morpholine rings is 1. The summed E-state index contributed by atoms with van der Waals surface area (Å²) in [6.07, 6.45) is 3.26. The van der Waals surface area contributed by atoms with Gasteiger partial charge in [-0.1, -0.05) is 24.3 Å². The second kappa shape index (κ2) is 10.4. The molecule has 0 N–H and O–H groups in total. The smallest absolute Gasteiger partial charge is 0.254 e. The molecule has 0 spiro atoms. The summed E-state index contributed by atoms with van der Waals surface area (Å²) in [5.74, 6) is 0.709. The molecular formula is C25H29N3O3. The van der Waals surface area contributed by atoms with Crippen molar-refractivity contribution in [3.05, 3.63) is 65.2 Å². The molecule has 2 heterocycles. The van der Waals surface area contributed by atoms with E-state index in [9.17, 15) is 10.1 Å². The number of carbonyl (C=O) groups is 1. The fourth-order valence-electron chi connectivity index (χ4n) is 4.34. The number of nitriles is 1. The first-order valence-corrected chi connectivity index (χ1v) is 11.1. The fraction of sp³-hybridized carbons (Fsp3) is 0.440. The molecule has 2 aromatic rings. The van der Waals surface area contributed by atoms with Crippen molar-refractivity contribution < 1.29 is 14.3 Å². The molecule has 0 saturated carbocycles. The van der Waals surface area contributed by atoms with E-state index in [-0.39, 0.29) is 11.9 Å². The lowest BCUT2D eigenvalue weighted by molar-refractivity contribution is 0.0166. The van der Waals surface area contributed by atoms with Crippen LogP contribution >= 0.6 is 0 Å². The highest BCUT2D eigenvalue weighted by atomic mass is 16.5. The van der Waals surface area contributed by atoms with Crippen LogP contribution in [0, 0.1) is 11.3 Å². The van der Waals surface area contributed by atoms with Gasteiger partial charge < -0.3 is 14.4 Å². The van der Waals surface area contributed by atoms with Crippen molar-refractivity contribution >= 4 is 5.91 Å². The fourth-order valence-corrected chi connectivity index (χ4v) is 4.34. The molecule has 6 nitrogen and oxygen atoms in total. The maximum Gasteiger partial charge on any atom is 0.254 e. The van der Waals surface area contributed by atoms with Crippen LogP contribution < -0.4 is 4.74 Å². The van der Waals surface area contributed by atoms with E-state index in [4.69, 9.17) is 9.47 Å². The van der Waals surface area contributed by atoms with Gasteiger partial charge in [-0.3, -0.25) is 9.69 Å². The summed E-state index contributed by atoms with van der Waals surface area (Å²) in [6.45, 7) is 5.43. The quantitative estimate of drug-likeness (QED) is 0.717. The van der Waals surface area contributed by atoms with E-state index in [0.29, 0.717) is 23.5 Å². The van der Waals surface area contributed by atoms with Crippen molar-refractivity contribution in [3.63, 3.8) is 0 Å². The lowest BCUT2D eigenvalue weighted by atomic mass is 10.00. The van der Waals surface area contributed by atoms with Crippen LogP contribution in [-0.2, 0) is 11.3 Å². The van der Waals surface area contributed by atoms with Gasteiger partial charge in [0.05, 0.1) is 24.8 Å². The molecule has 4 rings (SSSR count). The van der Waals surface area contributed by atoms with E-state index in [2.05, 4.69) is 11.0 Å². The number of amides is 1.